The van der Waals surface area contributed by atoms with Crippen LogP contribution in [-0.4, -0.2) is 28.2 Å². The van der Waals surface area contributed by atoms with E-state index in [4.69, 9.17) is 10.5 Å². The molecule has 0 amide bonds. The van der Waals surface area contributed by atoms with Gasteiger partial charge in [-0.15, -0.1) is 0 Å². The molecule has 0 aliphatic carbocycles. The molecular weight excluding hydrogens is 247 g/mol. The summed E-state index contributed by atoms with van der Waals surface area (Å²) in [5.74, 6) is -0.653. The summed E-state index contributed by atoms with van der Waals surface area (Å²) < 4.78 is 43.8. The average Bonchev–Trinajstić information content (AvgIpc) is 2.29. The van der Waals surface area contributed by atoms with Crippen LogP contribution in [0.3, 0.4) is 0 Å². The van der Waals surface area contributed by atoms with Crippen molar-refractivity contribution in [1.82, 2.24) is 4.72 Å². The minimum atomic E-state index is -3.81. The lowest BCUT2D eigenvalue weighted by molar-refractivity contribution is 0.122. The summed E-state index contributed by atoms with van der Waals surface area (Å²) in [6.45, 7) is 1.80. The van der Waals surface area contributed by atoms with E-state index in [-0.39, 0.29) is 23.2 Å². The van der Waals surface area contributed by atoms with Gasteiger partial charge in [0.1, 0.15) is 10.7 Å². The Labute approximate surface area is 99.8 Å². The standard InChI is InChI=1S/C10H15FN2O3S/c1-7(16-2)6-13-17(14,15)10-5-8(11)3-4-9(10)12/h3-5,7,13H,6,12H2,1-2H3. The van der Waals surface area contributed by atoms with E-state index >= 15 is 0 Å². The van der Waals surface area contributed by atoms with Gasteiger partial charge in [-0.1, -0.05) is 0 Å². The van der Waals surface area contributed by atoms with E-state index in [2.05, 4.69) is 4.72 Å². The van der Waals surface area contributed by atoms with Gasteiger partial charge in [0.25, 0.3) is 0 Å². The number of anilines is 1. The van der Waals surface area contributed by atoms with Crippen LogP contribution in [0.1, 0.15) is 6.92 Å². The van der Waals surface area contributed by atoms with Gasteiger partial charge in [0.15, 0.2) is 0 Å². The molecule has 96 valence electrons. The summed E-state index contributed by atoms with van der Waals surface area (Å²) in [5, 5.41) is 0. The molecule has 3 N–H and O–H groups in total. The molecule has 1 aromatic rings. The molecule has 0 saturated heterocycles. The van der Waals surface area contributed by atoms with Crippen molar-refractivity contribution in [3.05, 3.63) is 24.0 Å². The van der Waals surface area contributed by atoms with Crippen molar-refractivity contribution in [2.75, 3.05) is 19.4 Å². The first-order chi connectivity index (χ1) is 7.86. The highest BCUT2D eigenvalue weighted by atomic mass is 32.2. The van der Waals surface area contributed by atoms with Crippen molar-refractivity contribution in [2.45, 2.75) is 17.9 Å². The van der Waals surface area contributed by atoms with Crippen molar-refractivity contribution in [1.29, 1.82) is 0 Å². The lowest BCUT2D eigenvalue weighted by Crippen LogP contribution is -2.32. The summed E-state index contributed by atoms with van der Waals surface area (Å²) in [6.07, 6.45) is -0.278. The number of hydrogen-bond donors (Lipinski definition) is 2. The van der Waals surface area contributed by atoms with Crippen LogP contribution in [-0.2, 0) is 14.8 Å². The summed E-state index contributed by atoms with van der Waals surface area (Å²) in [7, 11) is -2.35. The Morgan fingerprint density at radius 3 is 2.76 bits per heavy atom. The van der Waals surface area contributed by atoms with Crippen molar-refractivity contribution < 1.29 is 17.5 Å². The highest BCUT2D eigenvalue weighted by molar-refractivity contribution is 7.89. The number of sulfonamides is 1. The third-order valence-electron chi connectivity index (χ3n) is 2.23. The predicted molar refractivity (Wildman–Crippen MR) is 62.5 cm³/mol. The molecule has 1 atom stereocenters. The number of hydrogen-bond acceptors (Lipinski definition) is 4. The van der Waals surface area contributed by atoms with Crippen LogP contribution in [0.2, 0.25) is 0 Å². The number of ether oxygens (including phenoxy) is 1. The molecule has 0 aliphatic rings. The van der Waals surface area contributed by atoms with Crippen LogP contribution in [0.5, 0.6) is 0 Å². The second kappa shape index (κ2) is 5.44. The molecular formula is C10H15FN2O3S. The summed E-state index contributed by atoms with van der Waals surface area (Å²) in [4.78, 5) is -0.263. The third kappa shape index (κ3) is 3.65. The van der Waals surface area contributed by atoms with E-state index in [0.717, 1.165) is 12.1 Å². The first kappa shape index (κ1) is 13.9. The lowest BCUT2D eigenvalue weighted by Gasteiger charge is -2.12. The Balaban J connectivity index is 2.93. The maximum atomic E-state index is 13.0. The molecule has 1 aromatic carbocycles. The molecule has 1 rings (SSSR count). The molecule has 0 bridgehead atoms. The number of rotatable bonds is 5. The van der Waals surface area contributed by atoms with Gasteiger partial charge < -0.3 is 10.5 Å². The van der Waals surface area contributed by atoms with Gasteiger partial charge in [0.05, 0.1) is 11.8 Å². The van der Waals surface area contributed by atoms with E-state index in [0.29, 0.717) is 0 Å². The first-order valence-electron chi connectivity index (χ1n) is 4.94. The topological polar surface area (TPSA) is 81.4 Å². The quantitative estimate of drug-likeness (QED) is 0.766. The lowest BCUT2D eigenvalue weighted by atomic mass is 10.3. The molecule has 0 spiro atoms. The van der Waals surface area contributed by atoms with Gasteiger partial charge in [0.2, 0.25) is 10.0 Å². The molecule has 1 unspecified atom stereocenters. The van der Waals surface area contributed by atoms with Gasteiger partial charge in [-0.3, -0.25) is 0 Å². The smallest absolute Gasteiger partial charge is 0.242 e. The van der Waals surface area contributed by atoms with Gasteiger partial charge >= 0.3 is 0 Å². The molecule has 0 saturated carbocycles. The summed E-state index contributed by atoms with van der Waals surface area (Å²) in [6, 6.07) is 3.20. The normalized spacial score (nSPS) is 13.6. The molecule has 0 aliphatic heterocycles. The Morgan fingerprint density at radius 1 is 1.53 bits per heavy atom. The van der Waals surface area contributed by atoms with Crippen LogP contribution < -0.4 is 10.5 Å². The third-order valence-corrected chi connectivity index (χ3v) is 3.71. The monoisotopic (exact) mass is 262 g/mol. The molecule has 0 radical (unpaired) electrons. The molecule has 7 heteroatoms. The van der Waals surface area contributed by atoms with Gasteiger partial charge in [-0.05, 0) is 25.1 Å². The zero-order valence-corrected chi connectivity index (χ0v) is 10.4. The van der Waals surface area contributed by atoms with E-state index < -0.39 is 15.8 Å². The number of nitrogen functional groups attached to an aromatic ring is 1. The number of benzene rings is 1. The van der Waals surface area contributed by atoms with Crippen LogP contribution in [0.4, 0.5) is 10.1 Å². The van der Waals surface area contributed by atoms with E-state index in [9.17, 15) is 12.8 Å². The van der Waals surface area contributed by atoms with E-state index in [1.165, 1.54) is 13.2 Å². The molecule has 0 fully saturated rings. The zero-order chi connectivity index (χ0) is 13.1. The second-order valence-electron chi connectivity index (χ2n) is 3.58. The number of nitrogens with two attached hydrogens (primary N) is 1. The predicted octanol–water partition coefficient (Wildman–Crippen LogP) is 0.721. The Bertz CT molecular complexity index is 490. The first-order valence-corrected chi connectivity index (χ1v) is 6.42. The van der Waals surface area contributed by atoms with E-state index in [1.807, 2.05) is 0 Å². The Morgan fingerprint density at radius 2 is 2.18 bits per heavy atom. The Kier molecular flexibility index (Phi) is 4.44. The molecule has 0 aromatic heterocycles. The Hall–Kier alpha value is -1.18. The second-order valence-corrected chi connectivity index (χ2v) is 5.32. The van der Waals surface area contributed by atoms with Crippen molar-refractivity contribution in [3.63, 3.8) is 0 Å². The van der Waals surface area contributed by atoms with Crippen LogP contribution in [0.15, 0.2) is 23.1 Å². The maximum Gasteiger partial charge on any atom is 0.242 e. The van der Waals surface area contributed by atoms with Crippen LogP contribution in [0.25, 0.3) is 0 Å². The van der Waals surface area contributed by atoms with Crippen LogP contribution in [0, 0.1) is 5.82 Å². The fraction of sp³-hybridized carbons (Fsp3) is 0.400. The fourth-order valence-corrected chi connectivity index (χ4v) is 2.38. The zero-order valence-electron chi connectivity index (χ0n) is 9.60. The molecule has 5 nitrogen and oxygen atoms in total. The number of halogens is 1. The van der Waals surface area contributed by atoms with Gasteiger partial charge in [-0.25, -0.2) is 17.5 Å². The average molecular weight is 262 g/mol. The van der Waals surface area contributed by atoms with Crippen LogP contribution >= 0.6 is 0 Å². The largest absolute Gasteiger partial charge is 0.398 e. The molecule has 17 heavy (non-hydrogen) atoms. The maximum absolute atomic E-state index is 13.0. The number of nitrogens with one attached hydrogen (secondary N) is 1. The summed E-state index contributed by atoms with van der Waals surface area (Å²) in [5.41, 5.74) is 5.50. The fourth-order valence-electron chi connectivity index (χ4n) is 1.13. The van der Waals surface area contributed by atoms with Crippen molar-refractivity contribution in [3.8, 4) is 0 Å². The van der Waals surface area contributed by atoms with Crippen molar-refractivity contribution >= 4 is 15.7 Å². The van der Waals surface area contributed by atoms with Crippen molar-refractivity contribution in [2.24, 2.45) is 0 Å². The SMILES string of the molecule is COC(C)CNS(=O)(=O)c1cc(F)ccc1N. The number of methoxy groups -OCH3 is 1. The highest BCUT2D eigenvalue weighted by Crippen LogP contribution is 2.18. The minimum absolute atomic E-state index is 0.00368. The summed E-state index contributed by atoms with van der Waals surface area (Å²) >= 11 is 0. The van der Waals surface area contributed by atoms with Gasteiger partial charge in [0, 0.05) is 13.7 Å². The minimum Gasteiger partial charge on any atom is -0.398 e. The van der Waals surface area contributed by atoms with E-state index in [1.54, 1.807) is 6.92 Å². The molecule has 0 heterocycles. The van der Waals surface area contributed by atoms with Gasteiger partial charge in [-0.2, -0.15) is 0 Å². The highest BCUT2D eigenvalue weighted by Gasteiger charge is 2.18.